The van der Waals surface area contributed by atoms with E-state index in [1.54, 1.807) is 29.3 Å². The molecule has 8 heteroatoms. The third-order valence-corrected chi connectivity index (χ3v) is 5.61. The maximum atomic E-state index is 12.4. The average molecular weight is 418 g/mol. The number of hydrogen-bond donors (Lipinski definition) is 2. The second-order valence-corrected chi connectivity index (χ2v) is 7.76. The van der Waals surface area contributed by atoms with Gasteiger partial charge >= 0.3 is 6.03 Å². The summed E-state index contributed by atoms with van der Waals surface area (Å²) in [5, 5.41) is 3.69. The highest BCUT2D eigenvalue weighted by Crippen LogP contribution is 2.36. The largest absolute Gasteiger partial charge is 0.496 e. The van der Waals surface area contributed by atoms with Gasteiger partial charge < -0.3 is 20.5 Å². The van der Waals surface area contributed by atoms with Crippen molar-refractivity contribution in [2.24, 2.45) is 5.73 Å². The van der Waals surface area contributed by atoms with Crippen molar-refractivity contribution < 1.29 is 19.1 Å². The summed E-state index contributed by atoms with van der Waals surface area (Å²) in [6, 6.07) is 11.0. The van der Waals surface area contributed by atoms with Gasteiger partial charge in [-0.1, -0.05) is 0 Å². The fraction of sp³-hybridized carbons (Fsp3) is 0.261. The van der Waals surface area contributed by atoms with E-state index in [-0.39, 0.29) is 11.6 Å². The molecule has 0 unspecified atom stereocenters. The van der Waals surface area contributed by atoms with Gasteiger partial charge in [0.15, 0.2) is 0 Å². The summed E-state index contributed by atoms with van der Waals surface area (Å²) in [4.78, 5) is 30.4. The molecule has 8 nitrogen and oxygen atoms in total. The Hall–Kier alpha value is -3.81. The van der Waals surface area contributed by atoms with E-state index in [1.807, 2.05) is 18.2 Å². The van der Waals surface area contributed by atoms with Crippen molar-refractivity contribution >= 4 is 28.5 Å². The second-order valence-electron chi connectivity index (χ2n) is 7.76. The Morgan fingerprint density at radius 2 is 2.00 bits per heavy atom. The van der Waals surface area contributed by atoms with Crippen LogP contribution in [0.2, 0.25) is 0 Å². The highest BCUT2D eigenvalue weighted by atomic mass is 16.5. The smallest absolute Gasteiger partial charge is 0.322 e. The quantitative estimate of drug-likeness (QED) is 0.661. The average Bonchev–Trinajstić information content (AvgIpc) is 3.48. The third kappa shape index (κ3) is 3.61. The number of pyridine rings is 1. The summed E-state index contributed by atoms with van der Waals surface area (Å²) >= 11 is 0. The number of carbonyl (C=O) groups excluding carboxylic acids is 2. The number of urea groups is 1. The van der Waals surface area contributed by atoms with Gasteiger partial charge in [-0.25, -0.2) is 4.79 Å². The molecule has 0 saturated heterocycles. The Bertz CT molecular complexity index is 1210. The van der Waals surface area contributed by atoms with E-state index in [0.717, 1.165) is 30.5 Å². The molecule has 158 valence electrons. The van der Waals surface area contributed by atoms with Crippen LogP contribution in [0.5, 0.6) is 17.2 Å². The number of ether oxygens (including phenoxy) is 2. The van der Waals surface area contributed by atoms with Gasteiger partial charge in [0.2, 0.25) is 0 Å². The monoisotopic (exact) mass is 418 g/mol. The number of aromatic nitrogens is 1. The number of nitrogens with one attached hydrogen (secondary N) is 1. The third-order valence-electron chi connectivity index (χ3n) is 5.61. The Balaban J connectivity index is 1.44. The van der Waals surface area contributed by atoms with Crippen LogP contribution >= 0.6 is 0 Å². The van der Waals surface area contributed by atoms with Crippen molar-refractivity contribution in [2.75, 3.05) is 18.6 Å². The number of anilines is 1. The standard InChI is InChI=1S/C23H22N4O4/c1-30-21-12-18-16(11-17(21)22(24)28)20(6-8-25-18)31-15-4-5-19-13(10-15)7-9-27(19)23(29)26-14-2-3-14/h4-6,8,10-12,14H,2-3,7,9H2,1H3,(H2,24,28)(H,26,29). The molecule has 1 saturated carbocycles. The van der Waals surface area contributed by atoms with Gasteiger partial charge in [-0.3, -0.25) is 14.7 Å². The summed E-state index contributed by atoms with van der Waals surface area (Å²) in [6.45, 7) is 0.650. The lowest BCUT2D eigenvalue weighted by atomic mass is 10.1. The van der Waals surface area contributed by atoms with E-state index in [0.29, 0.717) is 40.7 Å². The Kier molecular flexibility index (Phi) is 4.62. The van der Waals surface area contributed by atoms with E-state index in [1.165, 1.54) is 7.11 Å². The summed E-state index contributed by atoms with van der Waals surface area (Å²) < 4.78 is 11.4. The molecule has 3 aromatic rings. The van der Waals surface area contributed by atoms with Crippen LogP contribution in [0, 0.1) is 0 Å². The van der Waals surface area contributed by atoms with Crippen molar-refractivity contribution in [1.29, 1.82) is 0 Å². The van der Waals surface area contributed by atoms with Gasteiger partial charge in [-0.15, -0.1) is 0 Å². The summed E-state index contributed by atoms with van der Waals surface area (Å²) in [6.07, 6.45) is 4.52. The van der Waals surface area contributed by atoms with Crippen molar-refractivity contribution in [2.45, 2.75) is 25.3 Å². The molecule has 2 aromatic carbocycles. The van der Waals surface area contributed by atoms with Gasteiger partial charge in [-0.2, -0.15) is 0 Å². The van der Waals surface area contributed by atoms with Crippen LogP contribution in [0.4, 0.5) is 10.5 Å². The van der Waals surface area contributed by atoms with Crippen LogP contribution in [-0.2, 0) is 6.42 Å². The highest BCUT2D eigenvalue weighted by molar-refractivity contribution is 6.01. The van der Waals surface area contributed by atoms with Crippen LogP contribution in [-0.4, -0.2) is 36.6 Å². The molecular formula is C23H22N4O4. The van der Waals surface area contributed by atoms with Crippen molar-refractivity contribution in [3.63, 3.8) is 0 Å². The Labute approximate surface area is 178 Å². The molecule has 0 bridgehead atoms. The maximum absolute atomic E-state index is 12.4. The van der Waals surface area contributed by atoms with Crippen LogP contribution in [0.25, 0.3) is 10.9 Å². The van der Waals surface area contributed by atoms with Crippen LogP contribution in [0.1, 0.15) is 28.8 Å². The van der Waals surface area contributed by atoms with Crippen LogP contribution < -0.4 is 25.4 Å². The predicted octanol–water partition coefficient (Wildman–Crippen LogP) is 3.37. The van der Waals surface area contributed by atoms with Gasteiger partial charge in [0, 0.05) is 35.9 Å². The summed E-state index contributed by atoms with van der Waals surface area (Å²) in [5.41, 5.74) is 8.36. The summed E-state index contributed by atoms with van der Waals surface area (Å²) in [7, 11) is 1.48. The first-order valence-electron chi connectivity index (χ1n) is 10.2. The van der Waals surface area contributed by atoms with Crippen molar-refractivity contribution in [3.05, 3.63) is 53.7 Å². The molecule has 0 atom stereocenters. The molecule has 1 aliphatic heterocycles. The normalized spacial score (nSPS) is 14.9. The first-order chi connectivity index (χ1) is 15.0. The number of primary amides is 1. The summed E-state index contributed by atoms with van der Waals surface area (Å²) in [5.74, 6) is 0.978. The molecule has 3 N–H and O–H groups in total. The molecule has 3 amide bonds. The lowest BCUT2D eigenvalue weighted by molar-refractivity contribution is 0.0997. The van der Waals surface area contributed by atoms with E-state index in [2.05, 4.69) is 10.3 Å². The first kappa shape index (κ1) is 19.2. The number of nitrogens with zero attached hydrogens (tertiary/aromatic N) is 2. The lowest BCUT2D eigenvalue weighted by Crippen LogP contribution is -2.40. The number of methoxy groups -OCH3 is 1. The van der Waals surface area contributed by atoms with E-state index < -0.39 is 5.91 Å². The zero-order chi connectivity index (χ0) is 21.5. The minimum absolute atomic E-state index is 0.0389. The molecule has 0 spiro atoms. The topological polar surface area (TPSA) is 107 Å². The molecule has 0 radical (unpaired) electrons. The molecule has 2 aliphatic rings. The number of hydrogen-bond acceptors (Lipinski definition) is 5. The molecular weight excluding hydrogens is 396 g/mol. The molecule has 1 aromatic heterocycles. The fourth-order valence-electron chi connectivity index (χ4n) is 3.86. The minimum Gasteiger partial charge on any atom is -0.496 e. The predicted molar refractivity (Wildman–Crippen MR) is 116 cm³/mol. The fourth-order valence-corrected chi connectivity index (χ4v) is 3.86. The number of fused-ring (bicyclic) bond motifs is 2. The molecule has 31 heavy (non-hydrogen) atoms. The van der Waals surface area contributed by atoms with Gasteiger partial charge in [-0.05, 0) is 55.2 Å². The molecule has 5 rings (SSSR count). The zero-order valence-corrected chi connectivity index (χ0v) is 17.1. The number of rotatable bonds is 5. The lowest BCUT2D eigenvalue weighted by Gasteiger charge is -2.18. The second kappa shape index (κ2) is 7.46. The van der Waals surface area contributed by atoms with Gasteiger partial charge in [0.05, 0.1) is 18.2 Å². The van der Waals surface area contributed by atoms with E-state index >= 15 is 0 Å². The first-order valence-corrected chi connectivity index (χ1v) is 10.2. The van der Waals surface area contributed by atoms with E-state index in [9.17, 15) is 9.59 Å². The molecule has 1 fully saturated rings. The van der Waals surface area contributed by atoms with Crippen molar-refractivity contribution in [1.82, 2.24) is 10.3 Å². The Morgan fingerprint density at radius 3 is 2.74 bits per heavy atom. The van der Waals surface area contributed by atoms with Gasteiger partial charge in [0.25, 0.3) is 5.91 Å². The van der Waals surface area contributed by atoms with Crippen molar-refractivity contribution in [3.8, 4) is 17.2 Å². The Morgan fingerprint density at radius 1 is 1.16 bits per heavy atom. The number of carbonyl (C=O) groups is 2. The number of nitrogens with two attached hydrogens (primary N) is 1. The van der Waals surface area contributed by atoms with Crippen LogP contribution in [0.15, 0.2) is 42.6 Å². The highest BCUT2D eigenvalue weighted by Gasteiger charge is 2.30. The van der Waals surface area contributed by atoms with E-state index in [4.69, 9.17) is 15.2 Å². The molecule has 1 aliphatic carbocycles. The minimum atomic E-state index is -0.587. The number of amides is 3. The molecule has 2 heterocycles. The number of benzene rings is 2. The van der Waals surface area contributed by atoms with Crippen LogP contribution in [0.3, 0.4) is 0 Å². The zero-order valence-electron chi connectivity index (χ0n) is 17.1. The maximum Gasteiger partial charge on any atom is 0.322 e. The SMILES string of the molecule is COc1cc2nccc(Oc3ccc4c(c3)CCN4C(=O)NC3CC3)c2cc1C(N)=O. The van der Waals surface area contributed by atoms with Gasteiger partial charge in [0.1, 0.15) is 17.2 Å².